The zero-order valence-corrected chi connectivity index (χ0v) is 17.9. The van der Waals surface area contributed by atoms with Crippen molar-refractivity contribution in [3.8, 4) is 0 Å². The fraction of sp³-hybridized carbons (Fsp3) is 0.435. The van der Waals surface area contributed by atoms with Crippen molar-refractivity contribution < 1.29 is 4.79 Å². The van der Waals surface area contributed by atoms with Gasteiger partial charge >= 0.3 is 0 Å². The van der Waals surface area contributed by atoms with Gasteiger partial charge in [-0.05, 0) is 51.3 Å². The molecule has 2 aliphatic rings. The lowest BCUT2D eigenvalue weighted by Crippen LogP contribution is -2.32. The topological polar surface area (TPSA) is 51.0 Å². The summed E-state index contributed by atoms with van der Waals surface area (Å²) in [4.78, 5) is 21.9. The third-order valence-electron chi connectivity index (χ3n) is 5.79. The van der Waals surface area contributed by atoms with E-state index in [1.165, 1.54) is 4.90 Å². The number of pyridine rings is 1. The van der Waals surface area contributed by atoms with E-state index < -0.39 is 0 Å². The number of para-hydroxylation sites is 1. The number of aromatic nitrogens is 3. The van der Waals surface area contributed by atoms with Gasteiger partial charge in [-0.2, -0.15) is 5.10 Å². The molecule has 0 saturated heterocycles. The molecule has 0 bridgehead atoms. The van der Waals surface area contributed by atoms with Crippen LogP contribution in [0.15, 0.2) is 41.4 Å². The molecule has 1 aliphatic heterocycles. The molecule has 5 rings (SSSR count). The van der Waals surface area contributed by atoms with E-state index in [0.717, 1.165) is 53.8 Å². The first-order valence-corrected chi connectivity index (χ1v) is 11.4. The summed E-state index contributed by atoms with van der Waals surface area (Å²) in [5.41, 5.74) is 3.62. The molecular formula is C23H26N4OS. The highest BCUT2D eigenvalue weighted by Gasteiger charge is 2.31. The average Bonchev–Trinajstić information content (AvgIpc) is 3.49. The maximum absolute atomic E-state index is 13.9. The Hall–Kier alpha value is -2.34. The Bertz CT molecular complexity index is 1090. The first-order chi connectivity index (χ1) is 14.0. The number of amides is 1. The van der Waals surface area contributed by atoms with Gasteiger partial charge in [-0.1, -0.05) is 19.1 Å². The van der Waals surface area contributed by atoms with Crippen molar-refractivity contribution in [2.45, 2.75) is 62.1 Å². The van der Waals surface area contributed by atoms with Crippen LogP contribution in [0, 0.1) is 0 Å². The second-order valence-electron chi connectivity index (χ2n) is 8.43. The lowest BCUT2D eigenvalue weighted by molar-refractivity contribution is 0.0988. The van der Waals surface area contributed by atoms with Gasteiger partial charge in [0.2, 0.25) is 0 Å². The van der Waals surface area contributed by atoms with Crippen LogP contribution in [0.3, 0.4) is 0 Å². The predicted octanol–water partition coefficient (Wildman–Crippen LogP) is 5.42. The maximum atomic E-state index is 13.9. The molecule has 1 fully saturated rings. The van der Waals surface area contributed by atoms with Crippen LogP contribution in [-0.4, -0.2) is 32.5 Å². The molecule has 1 aromatic carbocycles. The maximum Gasteiger partial charge on any atom is 0.259 e. The van der Waals surface area contributed by atoms with Crippen molar-refractivity contribution in [2.75, 3.05) is 11.4 Å². The van der Waals surface area contributed by atoms with E-state index in [9.17, 15) is 4.79 Å². The van der Waals surface area contributed by atoms with Crippen LogP contribution in [0.2, 0.25) is 0 Å². The number of benzene rings is 1. The minimum absolute atomic E-state index is 0.0600. The predicted molar refractivity (Wildman–Crippen MR) is 118 cm³/mol. The molecule has 0 spiro atoms. The monoisotopic (exact) mass is 406 g/mol. The van der Waals surface area contributed by atoms with Gasteiger partial charge in [0.15, 0.2) is 5.65 Å². The van der Waals surface area contributed by atoms with E-state index in [4.69, 9.17) is 4.98 Å². The summed E-state index contributed by atoms with van der Waals surface area (Å²) in [6.45, 7) is 7.16. The average molecular weight is 407 g/mol. The first-order valence-electron chi connectivity index (χ1n) is 10.5. The van der Waals surface area contributed by atoms with Crippen LogP contribution < -0.4 is 4.90 Å². The molecule has 0 radical (unpaired) electrons. The molecule has 0 N–H and O–H groups in total. The minimum atomic E-state index is 0.0600. The molecule has 6 heteroatoms. The standard InChI is InChI=1S/C23H26N4OS/c1-14(2)27-22-18(13-24-27)17(12-19(25-22)16-8-9-16)23(28)26-11-10-15(3)29-21-7-5-4-6-20(21)26/h4-7,12-16H,8-11H2,1-3H3. The lowest BCUT2D eigenvalue weighted by Gasteiger charge is -2.23. The first kappa shape index (κ1) is 18.7. The number of carbonyl (C=O) groups excluding carboxylic acids is 1. The fourth-order valence-electron chi connectivity index (χ4n) is 4.02. The normalized spacial score (nSPS) is 19.4. The van der Waals surface area contributed by atoms with E-state index in [2.05, 4.69) is 44.1 Å². The van der Waals surface area contributed by atoms with Crippen LogP contribution in [0.4, 0.5) is 5.69 Å². The molecule has 1 atom stereocenters. The van der Waals surface area contributed by atoms with Crippen LogP contribution >= 0.6 is 11.8 Å². The van der Waals surface area contributed by atoms with E-state index in [-0.39, 0.29) is 11.9 Å². The fourth-order valence-corrected chi connectivity index (χ4v) is 5.14. The summed E-state index contributed by atoms with van der Waals surface area (Å²) in [5.74, 6) is 0.540. The number of fused-ring (bicyclic) bond motifs is 2. The van der Waals surface area contributed by atoms with Crippen molar-refractivity contribution in [3.05, 3.63) is 47.8 Å². The van der Waals surface area contributed by atoms with Gasteiger partial charge in [0, 0.05) is 34.3 Å². The third-order valence-corrected chi connectivity index (χ3v) is 7.03. The van der Waals surface area contributed by atoms with Gasteiger partial charge in [-0.3, -0.25) is 4.79 Å². The van der Waals surface area contributed by atoms with Crippen LogP contribution in [0.25, 0.3) is 11.0 Å². The van der Waals surface area contributed by atoms with Gasteiger partial charge in [0.1, 0.15) is 0 Å². The Labute approximate surface area is 175 Å². The van der Waals surface area contributed by atoms with Crippen LogP contribution in [0.1, 0.15) is 68.0 Å². The van der Waals surface area contributed by atoms with Gasteiger partial charge in [0.25, 0.3) is 5.91 Å². The quantitative estimate of drug-likeness (QED) is 0.583. The molecule has 3 heterocycles. The van der Waals surface area contributed by atoms with Crippen molar-refractivity contribution in [1.82, 2.24) is 14.8 Å². The Morgan fingerprint density at radius 3 is 2.76 bits per heavy atom. The SMILES string of the molecule is CC1CCN(C(=O)c2cc(C3CC3)nc3c2cnn3C(C)C)c2ccccc2S1. The molecule has 29 heavy (non-hydrogen) atoms. The molecule has 150 valence electrons. The van der Waals surface area contributed by atoms with Crippen LogP contribution in [0.5, 0.6) is 0 Å². The Balaban J connectivity index is 1.65. The second kappa shape index (κ2) is 7.17. The van der Waals surface area contributed by atoms with Crippen molar-refractivity contribution in [2.24, 2.45) is 0 Å². The van der Waals surface area contributed by atoms with Crippen LogP contribution in [-0.2, 0) is 0 Å². The molecule has 1 amide bonds. The number of rotatable bonds is 3. The van der Waals surface area contributed by atoms with Gasteiger partial charge in [-0.25, -0.2) is 9.67 Å². The van der Waals surface area contributed by atoms with Gasteiger partial charge in [0.05, 0.1) is 22.8 Å². The largest absolute Gasteiger partial charge is 0.307 e. The Kier molecular flexibility index (Phi) is 4.62. The molecule has 2 aromatic heterocycles. The summed E-state index contributed by atoms with van der Waals surface area (Å²) < 4.78 is 1.94. The number of hydrogen-bond acceptors (Lipinski definition) is 4. The number of nitrogens with zero attached hydrogens (tertiary/aromatic N) is 4. The summed E-state index contributed by atoms with van der Waals surface area (Å²) >= 11 is 1.86. The molecule has 1 aliphatic carbocycles. The Morgan fingerprint density at radius 1 is 1.21 bits per heavy atom. The highest BCUT2D eigenvalue weighted by atomic mass is 32.2. The van der Waals surface area contributed by atoms with Crippen molar-refractivity contribution in [1.29, 1.82) is 0 Å². The van der Waals surface area contributed by atoms with E-state index in [1.54, 1.807) is 0 Å². The zero-order chi connectivity index (χ0) is 20.1. The molecular weight excluding hydrogens is 380 g/mol. The summed E-state index contributed by atoms with van der Waals surface area (Å²) in [6.07, 6.45) is 5.10. The summed E-state index contributed by atoms with van der Waals surface area (Å²) in [6, 6.07) is 10.5. The number of anilines is 1. The smallest absolute Gasteiger partial charge is 0.259 e. The zero-order valence-electron chi connectivity index (χ0n) is 17.1. The Morgan fingerprint density at radius 2 is 2.00 bits per heavy atom. The molecule has 3 aromatic rings. The van der Waals surface area contributed by atoms with E-state index >= 15 is 0 Å². The van der Waals surface area contributed by atoms with Crippen molar-refractivity contribution >= 4 is 34.4 Å². The molecule has 1 unspecified atom stereocenters. The lowest BCUT2D eigenvalue weighted by atomic mass is 10.1. The second-order valence-corrected chi connectivity index (χ2v) is 9.91. The third kappa shape index (κ3) is 3.33. The van der Waals surface area contributed by atoms with E-state index in [1.807, 2.05) is 39.7 Å². The molecule has 1 saturated carbocycles. The van der Waals surface area contributed by atoms with Gasteiger partial charge < -0.3 is 4.90 Å². The van der Waals surface area contributed by atoms with Crippen molar-refractivity contribution in [3.63, 3.8) is 0 Å². The van der Waals surface area contributed by atoms with Gasteiger partial charge in [-0.15, -0.1) is 11.8 Å². The summed E-state index contributed by atoms with van der Waals surface area (Å²) in [5, 5.41) is 5.90. The number of hydrogen-bond donors (Lipinski definition) is 0. The molecule has 5 nitrogen and oxygen atoms in total. The highest BCUT2D eigenvalue weighted by Crippen LogP contribution is 2.42. The summed E-state index contributed by atoms with van der Waals surface area (Å²) in [7, 11) is 0. The van der Waals surface area contributed by atoms with E-state index in [0.29, 0.717) is 11.2 Å². The number of carbonyl (C=O) groups is 1. The number of thioether (sulfide) groups is 1. The minimum Gasteiger partial charge on any atom is -0.307 e. The highest BCUT2D eigenvalue weighted by molar-refractivity contribution is 8.00.